The summed E-state index contributed by atoms with van der Waals surface area (Å²) >= 11 is 0. The normalized spacial score (nSPS) is 14.6. The van der Waals surface area contributed by atoms with Crippen molar-refractivity contribution in [3.63, 3.8) is 0 Å². The Kier molecular flexibility index (Phi) is 3.69. The number of hydrogen-bond donors (Lipinski definition) is 0. The Morgan fingerprint density at radius 2 is 2.11 bits per heavy atom. The average Bonchev–Trinajstić information content (AvgIpc) is 2.38. The van der Waals surface area contributed by atoms with Gasteiger partial charge in [-0.3, -0.25) is 0 Å². The Balaban J connectivity index is 2.08. The molecular formula is C15H18N2O2. The average molecular weight is 258 g/mol. The molecule has 2 rings (SSSR count). The van der Waals surface area contributed by atoms with Crippen LogP contribution < -0.4 is 4.90 Å². The third kappa shape index (κ3) is 3.68. The monoisotopic (exact) mass is 258 g/mol. The molecule has 0 aliphatic carbocycles. The molecule has 0 unspecified atom stereocenters. The number of nitrogens with zero attached hydrogens (tertiary/aromatic N) is 2. The number of pyridine rings is 1. The van der Waals surface area contributed by atoms with Gasteiger partial charge in [-0.1, -0.05) is 12.2 Å². The van der Waals surface area contributed by atoms with Gasteiger partial charge in [-0.05, 0) is 39.0 Å². The van der Waals surface area contributed by atoms with Crippen molar-refractivity contribution in [1.82, 2.24) is 4.98 Å². The van der Waals surface area contributed by atoms with E-state index in [1.54, 1.807) is 12.3 Å². The highest BCUT2D eigenvalue weighted by Gasteiger charge is 2.18. The van der Waals surface area contributed by atoms with E-state index in [4.69, 9.17) is 4.74 Å². The summed E-state index contributed by atoms with van der Waals surface area (Å²) in [5.41, 5.74) is -0.0221. The molecule has 1 aliphatic rings. The minimum absolute atomic E-state index is 0.347. The summed E-state index contributed by atoms with van der Waals surface area (Å²) in [6.07, 6.45) is 9.49. The predicted molar refractivity (Wildman–Crippen MR) is 75.0 cm³/mol. The van der Waals surface area contributed by atoms with Crippen LogP contribution in [0.2, 0.25) is 0 Å². The van der Waals surface area contributed by atoms with Gasteiger partial charge in [-0.25, -0.2) is 9.78 Å². The smallest absolute Gasteiger partial charge is 0.340 e. The molecule has 0 aromatic carbocycles. The molecule has 0 atom stereocenters. The maximum atomic E-state index is 11.8. The standard InChI is InChI=1S/C15H18N2O2/c1-15(2,3)19-14(18)12-7-8-13(16-11-12)17-9-5-4-6-10-17/h4-9,11H,10H2,1-3H3. The Hall–Kier alpha value is -2.10. The third-order valence-corrected chi connectivity index (χ3v) is 2.49. The Morgan fingerprint density at radius 3 is 2.63 bits per heavy atom. The summed E-state index contributed by atoms with van der Waals surface area (Å²) in [7, 11) is 0. The van der Waals surface area contributed by atoms with Crippen LogP contribution in [0.1, 0.15) is 31.1 Å². The molecule has 1 aliphatic heterocycles. The summed E-state index contributed by atoms with van der Waals surface area (Å²) in [6.45, 7) is 6.32. The van der Waals surface area contributed by atoms with E-state index in [2.05, 4.69) is 4.98 Å². The highest BCUT2D eigenvalue weighted by Crippen LogP contribution is 2.16. The van der Waals surface area contributed by atoms with E-state index in [-0.39, 0.29) is 5.97 Å². The second kappa shape index (κ2) is 5.26. The third-order valence-electron chi connectivity index (χ3n) is 2.49. The van der Waals surface area contributed by atoms with E-state index in [1.165, 1.54) is 0 Å². The van der Waals surface area contributed by atoms with Crippen molar-refractivity contribution < 1.29 is 9.53 Å². The molecule has 4 nitrogen and oxygen atoms in total. The molecule has 0 radical (unpaired) electrons. The van der Waals surface area contributed by atoms with Gasteiger partial charge in [0, 0.05) is 18.9 Å². The van der Waals surface area contributed by atoms with Crippen molar-refractivity contribution in [2.24, 2.45) is 0 Å². The summed E-state index contributed by atoms with van der Waals surface area (Å²) < 4.78 is 5.29. The van der Waals surface area contributed by atoms with E-state index in [0.717, 1.165) is 12.4 Å². The first kappa shape index (κ1) is 13.3. The topological polar surface area (TPSA) is 42.4 Å². The highest BCUT2D eigenvalue weighted by atomic mass is 16.6. The first-order chi connectivity index (χ1) is 8.96. The van der Waals surface area contributed by atoms with Crippen molar-refractivity contribution in [1.29, 1.82) is 0 Å². The lowest BCUT2D eigenvalue weighted by atomic mass is 10.2. The number of allylic oxidation sites excluding steroid dienone is 2. The molecule has 0 bridgehead atoms. The second-order valence-electron chi connectivity index (χ2n) is 5.33. The van der Waals surface area contributed by atoms with Crippen molar-refractivity contribution in [2.75, 3.05) is 11.4 Å². The second-order valence-corrected chi connectivity index (χ2v) is 5.33. The SMILES string of the molecule is CC(C)(C)OC(=O)c1ccc(N2C=CC=CC2)nc1. The summed E-state index contributed by atoms with van der Waals surface area (Å²) in [5.74, 6) is 0.466. The fraction of sp³-hybridized carbons (Fsp3) is 0.333. The Labute approximate surface area is 113 Å². The zero-order chi connectivity index (χ0) is 13.9. The lowest BCUT2D eigenvalue weighted by Crippen LogP contribution is -2.24. The molecule has 0 spiro atoms. The quantitative estimate of drug-likeness (QED) is 0.765. The number of esters is 1. The van der Waals surface area contributed by atoms with Crippen LogP contribution in [-0.4, -0.2) is 23.1 Å². The van der Waals surface area contributed by atoms with Crippen LogP contribution in [0.4, 0.5) is 5.82 Å². The van der Waals surface area contributed by atoms with Crippen molar-refractivity contribution in [3.8, 4) is 0 Å². The summed E-state index contributed by atoms with van der Waals surface area (Å²) in [5, 5.41) is 0. The molecule has 0 saturated heterocycles. The summed E-state index contributed by atoms with van der Waals surface area (Å²) in [6, 6.07) is 3.56. The molecule has 0 N–H and O–H groups in total. The lowest BCUT2D eigenvalue weighted by Gasteiger charge is -2.21. The van der Waals surface area contributed by atoms with E-state index >= 15 is 0 Å². The van der Waals surface area contributed by atoms with Gasteiger partial charge in [0.2, 0.25) is 0 Å². The van der Waals surface area contributed by atoms with Crippen LogP contribution in [0.15, 0.2) is 42.8 Å². The van der Waals surface area contributed by atoms with Gasteiger partial charge < -0.3 is 9.64 Å². The zero-order valence-corrected chi connectivity index (χ0v) is 11.5. The number of rotatable bonds is 2. The number of hydrogen-bond acceptors (Lipinski definition) is 4. The zero-order valence-electron chi connectivity index (χ0n) is 11.5. The molecule has 100 valence electrons. The molecule has 0 saturated carbocycles. The van der Waals surface area contributed by atoms with E-state index in [0.29, 0.717) is 5.56 Å². The first-order valence-electron chi connectivity index (χ1n) is 6.25. The minimum atomic E-state index is -0.490. The fourth-order valence-corrected chi connectivity index (χ4v) is 1.65. The number of ether oxygens (including phenoxy) is 1. The van der Waals surface area contributed by atoms with Crippen molar-refractivity contribution in [3.05, 3.63) is 48.3 Å². The van der Waals surface area contributed by atoms with Gasteiger partial charge in [0.25, 0.3) is 0 Å². The highest BCUT2D eigenvalue weighted by molar-refractivity contribution is 5.89. The number of anilines is 1. The fourth-order valence-electron chi connectivity index (χ4n) is 1.65. The van der Waals surface area contributed by atoms with Crippen LogP contribution in [0.3, 0.4) is 0 Å². The van der Waals surface area contributed by atoms with Crippen LogP contribution >= 0.6 is 0 Å². The van der Waals surface area contributed by atoms with Gasteiger partial charge in [0.15, 0.2) is 0 Å². The van der Waals surface area contributed by atoms with Gasteiger partial charge in [0.1, 0.15) is 11.4 Å². The van der Waals surface area contributed by atoms with Gasteiger partial charge in [-0.15, -0.1) is 0 Å². The van der Waals surface area contributed by atoms with Crippen LogP contribution in [0, 0.1) is 0 Å². The maximum Gasteiger partial charge on any atom is 0.340 e. The van der Waals surface area contributed by atoms with Crippen molar-refractivity contribution in [2.45, 2.75) is 26.4 Å². The number of carbonyl (C=O) groups is 1. The van der Waals surface area contributed by atoms with E-state index in [1.807, 2.05) is 56.2 Å². The van der Waals surface area contributed by atoms with E-state index < -0.39 is 5.60 Å². The minimum Gasteiger partial charge on any atom is -0.456 e. The molecule has 0 amide bonds. The Bertz CT molecular complexity index is 510. The molecule has 2 heterocycles. The molecule has 19 heavy (non-hydrogen) atoms. The van der Waals surface area contributed by atoms with Crippen LogP contribution in [0.25, 0.3) is 0 Å². The largest absolute Gasteiger partial charge is 0.456 e. The first-order valence-corrected chi connectivity index (χ1v) is 6.25. The van der Waals surface area contributed by atoms with Gasteiger partial charge >= 0.3 is 5.97 Å². The predicted octanol–water partition coefficient (Wildman–Crippen LogP) is 2.93. The number of aromatic nitrogens is 1. The van der Waals surface area contributed by atoms with Crippen LogP contribution in [0.5, 0.6) is 0 Å². The van der Waals surface area contributed by atoms with Crippen molar-refractivity contribution >= 4 is 11.8 Å². The molecule has 0 fully saturated rings. The molecule has 1 aromatic rings. The molecule has 4 heteroatoms. The van der Waals surface area contributed by atoms with E-state index in [9.17, 15) is 4.79 Å². The molecular weight excluding hydrogens is 240 g/mol. The number of carbonyl (C=O) groups excluding carboxylic acids is 1. The Morgan fingerprint density at radius 1 is 1.32 bits per heavy atom. The lowest BCUT2D eigenvalue weighted by molar-refractivity contribution is 0.00691. The molecule has 1 aromatic heterocycles. The summed E-state index contributed by atoms with van der Waals surface area (Å²) in [4.78, 5) is 18.1. The van der Waals surface area contributed by atoms with Gasteiger partial charge in [0.05, 0.1) is 5.56 Å². The maximum absolute atomic E-state index is 11.8. The van der Waals surface area contributed by atoms with Gasteiger partial charge in [-0.2, -0.15) is 0 Å². The van der Waals surface area contributed by atoms with Crippen LogP contribution in [-0.2, 0) is 4.74 Å².